The van der Waals surface area contributed by atoms with Crippen molar-refractivity contribution in [2.24, 2.45) is 5.92 Å². The Morgan fingerprint density at radius 1 is 1.40 bits per heavy atom. The molecule has 6 nitrogen and oxygen atoms in total. The summed E-state index contributed by atoms with van der Waals surface area (Å²) >= 11 is 0. The van der Waals surface area contributed by atoms with E-state index < -0.39 is 0 Å². The van der Waals surface area contributed by atoms with Gasteiger partial charge in [-0.05, 0) is 64.5 Å². The quantitative estimate of drug-likeness (QED) is 0.581. The first-order valence-electron chi connectivity index (χ1n) is 11.0. The van der Waals surface area contributed by atoms with E-state index in [1.807, 2.05) is 38.1 Å². The zero-order chi connectivity index (χ0) is 22.3. The summed E-state index contributed by atoms with van der Waals surface area (Å²) in [7, 11) is 7.66. The van der Waals surface area contributed by atoms with Crippen LogP contribution in [-0.2, 0) is 16.0 Å². The average molecular weight is 417 g/mol. The minimum absolute atomic E-state index is 0.0693. The van der Waals surface area contributed by atoms with Gasteiger partial charge in [0, 0.05) is 44.2 Å². The molecule has 4 unspecified atom stereocenters. The Labute approximate surface area is 182 Å². The molecule has 6 heteroatoms. The van der Waals surface area contributed by atoms with Gasteiger partial charge >= 0.3 is 0 Å². The molecule has 1 aliphatic rings. The molecular formula is C24H40N4O2. The van der Waals surface area contributed by atoms with Crippen molar-refractivity contribution in [2.45, 2.75) is 51.3 Å². The Morgan fingerprint density at radius 2 is 2.13 bits per heavy atom. The van der Waals surface area contributed by atoms with Crippen molar-refractivity contribution in [3.8, 4) is 0 Å². The molecule has 1 aromatic carbocycles. The number of nitrogens with one attached hydrogen (secondary N) is 2. The highest BCUT2D eigenvalue weighted by Gasteiger charge is 2.36. The number of nitrogens with zero attached hydrogens (tertiary/aromatic N) is 2. The van der Waals surface area contributed by atoms with Crippen LogP contribution in [0.4, 0.5) is 5.69 Å². The van der Waals surface area contributed by atoms with Crippen molar-refractivity contribution >= 4 is 11.6 Å². The van der Waals surface area contributed by atoms with E-state index in [-0.39, 0.29) is 24.0 Å². The maximum atomic E-state index is 13.0. The molecule has 0 aromatic heterocycles. The fourth-order valence-electron chi connectivity index (χ4n) is 4.21. The summed E-state index contributed by atoms with van der Waals surface area (Å²) in [5.41, 5.74) is 3.14. The van der Waals surface area contributed by atoms with Crippen LogP contribution in [0, 0.1) is 5.92 Å². The van der Waals surface area contributed by atoms with Gasteiger partial charge < -0.3 is 25.2 Å². The van der Waals surface area contributed by atoms with Gasteiger partial charge in [-0.2, -0.15) is 0 Å². The maximum absolute atomic E-state index is 13.0. The first-order chi connectivity index (χ1) is 14.3. The number of rotatable bonds is 11. The minimum atomic E-state index is -0.162. The van der Waals surface area contributed by atoms with Crippen molar-refractivity contribution in [2.75, 3.05) is 46.7 Å². The number of amides is 1. The number of hydrogen-bond acceptors (Lipinski definition) is 5. The largest absolute Gasteiger partial charge is 0.379 e. The van der Waals surface area contributed by atoms with Gasteiger partial charge in [0.05, 0.1) is 12.0 Å². The van der Waals surface area contributed by atoms with Gasteiger partial charge in [0.2, 0.25) is 5.91 Å². The van der Waals surface area contributed by atoms with E-state index in [4.69, 9.17) is 4.74 Å². The van der Waals surface area contributed by atoms with E-state index in [1.165, 1.54) is 12.0 Å². The lowest BCUT2D eigenvalue weighted by atomic mass is 9.94. The molecule has 4 atom stereocenters. The summed E-state index contributed by atoms with van der Waals surface area (Å²) in [4.78, 5) is 17.2. The van der Waals surface area contributed by atoms with Crippen LogP contribution >= 0.6 is 0 Å². The number of likely N-dealkylation sites (N-methyl/N-ethyl adjacent to an activating group) is 3. The number of anilines is 1. The molecule has 1 heterocycles. The van der Waals surface area contributed by atoms with E-state index in [0.29, 0.717) is 12.6 Å². The van der Waals surface area contributed by atoms with Gasteiger partial charge in [0.15, 0.2) is 0 Å². The third kappa shape index (κ3) is 6.30. The Hall–Kier alpha value is -1.89. The van der Waals surface area contributed by atoms with Crippen LogP contribution in [0.15, 0.2) is 36.5 Å². The normalized spacial score (nSPS) is 19.9. The number of ether oxygens (including phenoxy) is 1. The van der Waals surface area contributed by atoms with Gasteiger partial charge in [-0.15, -0.1) is 0 Å². The summed E-state index contributed by atoms with van der Waals surface area (Å²) in [5.74, 6) is -0.0161. The molecule has 0 saturated carbocycles. The number of likely N-dealkylation sites (tertiary alicyclic amines) is 1. The average Bonchev–Trinajstić information content (AvgIpc) is 3.17. The van der Waals surface area contributed by atoms with E-state index in [1.54, 1.807) is 7.11 Å². The molecule has 0 spiro atoms. The van der Waals surface area contributed by atoms with E-state index >= 15 is 0 Å². The zero-order valence-electron chi connectivity index (χ0n) is 19.6. The Balaban J connectivity index is 1.92. The summed E-state index contributed by atoms with van der Waals surface area (Å²) < 4.78 is 5.77. The first kappa shape index (κ1) is 24.4. The number of benzene rings is 1. The van der Waals surface area contributed by atoms with Gasteiger partial charge in [-0.1, -0.05) is 25.6 Å². The van der Waals surface area contributed by atoms with E-state index in [0.717, 1.165) is 30.8 Å². The lowest BCUT2D eigenvalue weighted by molar-refractivity contribution is -0.139. The highest BCUT2D eigenvalue weighted by molar-refractivity contribution is 5.79. The van der Waals surface area contributed by atoms with Gasteiger partial charge in [0.25, 0.3) is 0 Å². The Kier molecular flexibility index (Phi) is 9.34. The summed E-state index contributed by atoms with van der Waals surface area (Å²) in [6.07, 6.45) is 2.99. The molecule has 2 N–H and O–H groups in total. The predicted molar refractivity (Wildman–Crippen MR) is 125 cm³/mol. The van der Waals surface area contributed by atoms with Gasteiger partial charge in [-0.25, -0.2) is 0 Å². The highest BCUT2D eigenvalue weighted by atomic mass is 16.5. The molecule has 1 aromatic rings. The third-order valence-electron chi connectivity index (χ3n) is 6.41. The van der Waals surface area contributed by atoms with Crippen LogP contribution in [0.5, 0.6) is 0 Å². The van der Waals surface area contributed by atoms with E-state index in [2.05, 4.69) is 48.2 Å². The molecule has 0 bridgehead atoms. The molecule has 1 saturated heterocycles. The van der Waals surface area contributed by atoms with Crippen LogP contribution in [-0.4, -0.2) is 75.2 Å². The van der Waals surface area contributed by atoms with Crippen molar-refractivity contribution in [1.29, 1.82) is 0 Å². The minimum Gasteiger partial charge on any atom is -0.379 e. The van der Waals surface area contributed by atoms with Crippen LogP contribution < -0.4 is 10.6 Å². The van der Waals surface area contributed by atoms with E-state index in [9.17, 15) is 4.79 Å². The number of hydrogen-bond donors (Lipinski definition) is 2. The summed E-state index contributed by atoms with van der Waals surface area (Å²) in [6, 6.07) is 8.80. The van der Waals surface area contributed by atoms with Crippen LogP contribution in [0.25, 0.3) is 0 Å². The Morgan fingerprint density at radius 3 is 2.73 bits per heavy atom. The molecular weight excluding hydrogens is 376 g/mol. The molecule has 1 aliphatic heterocycles. The van der Waals surface area contributed by atoms with Crippen molar-refractivity contribution in [3.63, 3.8) is 0 Å². The second kappa shape index (κ2) is 11.5. The standard InChI is InChI=1S/C24H40N4O2/c1-17(23(30-7)22-12-9-14-27(22)5)24(29)28(6)15-13-20-10-8-11-21(16-20)26-19(3)18(2)25-4/h8,10-11,16-18,22-23,25-26H,3,9,12-15H2,1-2,4-7H3. The fourth-order valence-corrected chi connectivity index (χ4v) is 4.21. The SMILES string of the molecule is C=C(Nc1cccc(CCN(C)C(=O)C(C)C(OC)C2CCCN2C)c1)C(C)NC. The fraction of sp³-hybridized carbons (Fsp3) is 0.625. The summed E-state index contributed by atoms with van der Waals surface area (Å²) in [6.45, 7) is 9.91. The lowest BCUT2D eigenvalue weighted by Crippen LogP contribution is -2.47. The maximum Gasteiger partial charge on any atom is 0.227 e. The topological polar surface area (TPSA) is 56.8 Å². The van der Waals surface area contributed by atoms with Gasteiger partial charge in [0.1, 0.15) is 0 Å². The number of carbonyl (C=O) groups is 1. The number of methoxy groups -OCH3 is 1. The number of carbonyl (C=O) groups excluding carboxylic acids is 1. The smallest absolute Gasteiger partial charge is 0.227 e. The molecule has 168 valence electrons. The molecule has 1 fully saturated rings. The van der Waals surface area contributed by atoms with Crippen molar-refractivity contribution in [1.82, 2.24) is 15.1 Å². The van der Waals surface area contributed by atoms with Gasteiger partial charge in [-0.3, -0.25) is 4.79 Å². The van der Waals surface area contributed by atoms with Crippen molar-refractivity contribution in [3.05, 3.63) is 42.1 Å². The molecule has 30 heavy (non-hydrogen) atoms. The second-order valence-electron chi connectivity index (χ2n) is 8.55. The molecule has 0 radical (unpaired) electrons. The molecule has 1 amide bonds. The second-order valence-corrected chi connectivity index (χ2v) is 8.55. The van der Waals surface area contributed by atoms with Crippen molar-refractivity contribution < 1.29 is 9.53 Å². The van der Waals surface area contributed by atoms with Crippen LogP contribution in [0.3, 0.4) is 0 Å². The molecule has 0 aliphatic carbocycles. The van der Waals surface area contributed by atoms with Crippen LogP contribution in [0.1, 0.15) is 32.3 Å². The predicted octanol–water partition coefficient (Wildman–Crippen LogP) is 2.97. The third-order valence-corrected chi connectivity index (χ3v) is 6.41. The Bertz CT molecular complexity index is 708. The highest BCUT2D eigenvalue weighted by Crippen LogP contribution is 2.25. The summed E-state index contributed by atoms with van der Waals surface area (Å²) in [5, 5.41) is 6.54. The zero-order valence-corrected chi connectivity index (χ0v) is 19.6. The molecule has 2 rings (SSSR count). The lowest BCUT2D eigenvalue weighted by Gasteiger charge is -2.33. The monoisotopic (exact) mass is 416 g/mol. The van der Waals surface area contributed by atoms with Crippen LogP contribution in [0.2, 0.25) is 0 Å². The first-order valence-corrected chi connectivity index (χ1v) is 11.0.